The Morgan fingerprint density at radius 1 is 1.55 bits per heavy atom. The molecule has 2 rings (SSSR count). The Labute approximate surface area is 124 Å². The second-order valence-electron chi connectivity index (χ2n) is 5.52. The highest BCUT2D eigenvalue weighted by molar-refractivity contribution is 6.36. The van der Waals surface area contributed by atoms with E-state index in [1.54, 1.807) is 12.3 Å². The summed E-state index contributed by atoms with van der Waals surface area (Å²) in [4.78, 5) is 6.47. The minimum Gasteiger partial charge on any atom is -0.409 e. The lowest BCUT2D eigenvalue weighted by molar-refractivity contribution is 0.318. The van der Waals surface area contributed by atoms with Gasteiger partial charge >= 0.3 is 0 Å². The van der Waals surface area contributed by atoms with Crippen molar-refractivity contribution in [3.63, 3.8) is 0 Å². The molecule has 0 amide bonds. The number of nitrogens with two attached hydrogens (primary N) is 1. The van der Waals surface area contributed by atoms with E-state index in [2.05, 4.69) is 22.0 Å². The fourth-order valence-electron chi connectivity index (χ4n) is 2.86. The zero-order valence-corrected chi connectivity index (χ0v) is 12.6. The Balaban J connectivity index is 2.28. The molecule has 1 aliphatic carbocycles. The molecule has 0 saturated heterocycles. The summed E-state index contributed by atoms with van der Waals surface area (Å²) in [7, 11) is 2.01. The van der Waals surface area contributed by atoms with Crippen molar-refractivity contribution in [2.45, 2.75) is 38.6 Å². The van der Waals surface area contributed by atoms with Gasteiger partial charge in [0.25, 0.3) is 0 Å². The molecule has 2 unspecified atom stereocenters. The van der Waals surface area contributed by atoms with Crippen molar-refractivity contribution in [1.29, 1.82) is 0 Å². The SMILES string of the molecule is CC1CCCC(N(C)c2nccc(/C(N)=N/O)c2Cl)C1. The third kappa shape index (κ3) is 2.98. The molecule has 6 heteroatoms. The van der Waals surface area contributed by atoms with Crippen LogP contribution in [0.3, 0.4) is 0 Å². The molecule has 0 aliphatic heterocycles. The molecule has 1 aliphatic rings. The highest BCUT2D eigenvalue weighted by Crippen LogP contribution is 2.33. The molecule has 0 bridgehead atoms. The number of rotatable bonds is 3. The fraction of sp³-hybridized carbons (Fsp3) is 0.571. The number of halogens is 1. The summed E-state index contributed by atoms with van der Waals surface area (Å²) in [6.07, 6.45) is 6.44. The van der Waals surface area contributed by atoms with Crippen molar-refractivity contribution >= 4 is 23.3 Å². The van der Waals surface area contributed by atoms with E-state index in [9.17, 15) is 0 Å². The van der Waals surface area contributed by atoms with Crippen molar-refractivity contribution in [3.05, 3.63) is 22.8 Å². The number of aromatic nitrogens is 1. The first-order valence-corrected chi connectivity index (χ1v) is 7.27. The Morgan fingerprint density at radius 2 is 2.30 bits per heavy atom. The van der Waals surface area contributed by atoms with Crippen LogP contribution in [0.1, 0.15) is 38.2 Å². The van der Waals surface area contributed by atoms with E-state index < -0.39 is 0 Å². The molecule has 5 nitrogen and oxygen atoms in total. The van der Waals surface area contributed by atoms with Crippen molar-refractivity contribution in [2.75, 3.05) is 11.9 Å². The van der Waals surface area contributed by atoms with Gasteiger partial charge in [0.2, 0.25) is 0 Å². The third-order valence-corrected chi connectivity index (χ3v) is 4.42. The maximum absolute atomic E-state index is 8.80. The zero-order chi connectivity index (χ0) is 14.7. The van der Waals surface area contributed by atoms with Crippen molar-refractivity contribution < 1.29 is 5.21 Å². The van der Waals surface area contributed by atoms with Gasteiger partial charge < -0.3 is 15.8 Å². The first-order chi connectivity index (χ1) is 9.54. The van der Waals surface area contributed by atoms with Gasteiger partial charge in [-0.3, -0.25) is 0 Å². The maximum Gasteiger partial charge on any atom is 0.171 e. The van der Waals surface area contributed by atoms with Crippen LogP contribution in [-0.4, -0.2) is 29.1 Å². The molecule has 1 heterocycles. The van der Waals surface area contributed by atoms with Gasteiger partial charge in [-0.1, -0.05) is 36.5 Å². The summed E-state index contributed by atoms with van der Waals surface area (Å²) < 4.78 is 0. The fourth-order valence-corrected chi connectivity index (χ4v) is 3.20. The summed E-state index contributed by atoms with van der Waals surface area (Å²) in [6, 6.07) is 2.09. The van der Waals surface area contributed by atoms with Crippen molar-refractivity contribution in [2.24, 2.45) is 16.8 Å². The van der Waals surface area contributed by atoms with E-state index in [0.29, 0.717) is 22.4 Å². The average molecular weight is 297 g/mol. The monoisotopic (exact) mass is 296 g/mol. The van der Waals surface area contributed by atoms with E-state index in [0.717, 1.165) is 18.8 Å². The summed E-state index contributed by atoms with van der Waals surface area (Å²) in [5, 5.41) is 12.2. The first-order valence-electron chi connectivity index (χ1n) is 6.89. The Hall–Kier alpha value is -1.49. The number of nitrogens with zero attached hydrogens (tertiary/aromatic N) is 3. The predicted molar refractivity (Wildman–Crippen MR) is 81.6 cm³/mol. The van der Waals surface area contributed by atoms with Gasteiger partial charge in [0.05, 0.1) is 5.02 Å². The molecule has 110 valence electrons. The van der Waals surface area contributed by atoms with Crippen LogP contribution in [0.4, 0.5) is 5.82 Å². The van der Waals surface area contributed by atoms with Crippen LogP contribution in [0, 0.1) is 5.92 Å². The average Bonchev–Trinajstić information content (AvgIpc) is 2.46. The molecule has 1 aromatic rings. The molecule has 0 radical (unpaired) electrons. The molecule has 1 fully saturated rings. The van der Waals surface area contributed by atoms with Gasteiger partial charge in [-0.2, -0.15) is 0 Å². The van der Waals surface area contributed by atoms with Crippen LogP contribution in [0.15, 0.2) is 17.4 Å². The van der Waals surface area contributed by atoms with Gasteiger partial charge in [0.15, 0.2) is 5.84 Å². The van der Waals surface area contributed by atoms with Crippen LogP contribution in [0.2, 0.25) is 5.02 Å². The quantitative estimate of drug-likeness (QED) is 0.389. The molecule has 3 N–H and O–H groups in total. The van der Waals surface area contributed by atoms with E-state index in [1.165, 1.54) is 12.8 Å². The molecule has 20 heavy (non-hydrogen) atoms. The van der Waals surface area contributed by atoms with E-state index in [1.807, 2.05) is 7.05 Å². The number of oxime groups is 1. The summed E-state index contributed by atoms with van der Waals surface area (Å²) in [6.45, 7) is 2.28. The highest BCUT2D eigenvalue weighted by Gasteiger charge is 2.25. The van der Waals surface area contributed by atoms with Gasteiger partial charge in [0.1, 0.15) is 5.82 Å². The number of amidine groups is 1. The number of hydrogen-bond acceptors (Lipinski definition) is 4. The Morgan fingerprint density at radius 3 is 2.95 bits per heavy atom. The first kappa shape index (κ1) is 14.9. The van der Waals surface area contributed by atoms with Crippen LogP contribution >= 0.6 is 11.6 Å². The topological polar surface area (TPSA) is 74.7 Å². The largest absolute Gasteiger partial charge is 0.409 e. The van der Waals surface area contributed by atoms with Crippen LogP contribution < -0.4 is 10.6 Å². The molecule has 1 aromatic heterocycles. The van der Waals surface area contributed by atoms with Gasteiger partial charge in [-0.05, 0) is 24.8 Å². The molecule has 1 saturated carbocycles. The maximum atomic E-state index is 8.80. The molecule has 0 spiro atoms. The number of hydrogen-bond donors (Lipinski definition) is 2. The van der Waals surface area contributed by atoms with Gasteiger partial charge in [-0.25, -0.2) is 4.98 Å². The van der Waals surface area contributed by atoms with Crippen LogP contribution in [0.5, 0.6) is 0 Å². The molecule has 2 atom stereocenters. The van der Waals surface area contributed by atoms with E-state index >= 15 is 0 Å². The normalized spacial score (nSPS) is 23.6. The summed E-state index contributed by atoms with van der Waals surface area (Å²) in [5.41, 5.74) is 6.14. The number of anilines is 1. The third-order valence-electron chi connectivity index (χ3n) is 4.05. The van der Waals surface area contributed by atoms with Crippen LogP contribution in [0.25, 0.3) is 0 Å². The second-order valence-corrected chi connectivity index (χ2v) is 5.90. The highest BCUT2D eigenvalue weighted by atomic mass is 35.5. The van der Waals surface area contributed by atoms with Crippen molar-refractivity contribution in [3.8, 4) is 0 Å². The Bertz CT molecular complexity index is 506. The van der Waals surface area contributed by atoms with E-state index in [-0.39, 0.29) is 5.84 Å². The Kier molecular flexibility index (Phi) is 4.70. The standard InChI is InChI=1S/C14H21ClN4O/c1-9-4-3-5-10(8-9)19(2)14-12(15)11(6-7-17-14)13(16)18-20/h6-7,9-10,20H,3-5,8H2,1-2H3,(H2,16,18). The summed E-state index contributed by atoms with van der Waals surface area (Å²) in [5.74, 6) is 1.42. The second kappa shape index (κ2) is 6.31. The lowest BCUT2D eigenvalue weighted by Crippen LogP contribution is -2.36. The zero-order valence-electron chi connectivity index (χ0n) is 11.9. The van der Waals surface area contributed by atoms with E-state index in [4.69, 9.17) is 22.5 Å². The van der Waals surface area contributed by atoms with Crippen molar-refractivity contribution in [1.82, 2.24) is 4.98 Å². The minimum atomic E-state index is 0.00376. The van der Waals surface area contributed by atoms with Gasteiger partial charge in [0, 0.05) is 24.8 Å². The minimum absolute atomic E-state index is 0.00376. The molecule has 0 aromatic carbocycles. The lowest BCUT2D eigenvalue weighted by atomic mass is 9.86. The lowest BCUT2D eigenvalue weighted by Gasteiger charge is -2.35. The van der Waals surface area contributed by atoms with Crippen LogP contribution in [-0.2, 0) is 0 Å². The summed E-state index contributed by atoms with van der Waals surface area (Å²) >= 11 is 6.36. The number of pyridine rings is 1. The molecular weight excluding hydrogens is 276 g/mol. The molecular formula is C14H21ClN4O. The van der Waals surface area contributed by atoms with Gasteiger partial charge in [-0.15, -0.1) is 0 Å². The smallest absolute Gasteiger partial charge is 0.171 e. The predicted octanol–water partition coefficient (Wildman–Crippen LogP) is 2.84.